The minimum atomic E-state index is -0.905. The van der Waals surface area contributed by atoms with Gasteiger partial charge >= 0.3 is 5.97 Å². The maximum absolute atomic E-state index is 12.4. The fourth-order valence-corrected chi connectivity index (χ4v) is 2.76. The molecule has 0 fully saturated rings. The molecule has 0 aromatic heterocycles. The van der Waals surface area contributed by atoms with Crippen LogP contribution in [-0.4, -0.2) is 37.0 Å². The number of esters is 1. The van der Waals surface area contributed by atoms with E-state index < -0.39 is 17.9 Å². The number of rotatable bonds is 10. The second-order valence-electron chi connectivity index (χ2n) is 6.48. The van der Waals surface area contributed by atoms with Gasteiger partial charge in [0.15, 0.2) is 6.61 Å². The van der Waals surface area contributed by atoms with Crippen LogP contribution < -0.4 is 10.6 Å². The van der Waals surface area contributed by atoms with E-state index in [0.29, 0.717) is 11.6 Å². The predicted molar refractivity (Wildman–Crippen MR) is 106 cm³/mol. The second-order valence-corrected chi connectivity index (χ2v) is 7.33. The molecule has 1 aromatic carbocycles. The highest BCUT2D eigenvalue weighted by Crippen LogP contribution is 2.21. The Balaban J connectivity index is 2.60. The van der Waals surface area contributed by atoms with Crippen LogP contribution in [0, 0.1) is 5.92 Å². The van der Waals surface area contributed by atoms with Gasteiger partial charge in [-0.15, -0.1) is 0 Å². The lowest BCUT2D eigenvalue weighted by Gasteiger charge is -2.21. The van der Waals surface area contributed by atoms with Crippen molar-refractivity contribution in [1.82, 2.24) is 10.6 Å². The van der Waals surface area contributed by atoms with Gasteiger partial charge in [-0.1, -0.05) is 56.8 Å². The van der Waals surface area contributed by atoms with Gasteiger partial charge in [0, 0.05) is 11.6 Å². The number of benzene rings is 1. The molecule has 0 aliphatic heterocycles. The van der Waals surface area contributed by atoms with Crippen LogP contribution in [-0.2, 0) is 14.3 Å². The Hall–Kier alpha value is -1.79. The lowest BCUT2D eigenvalue weighted by Crippen LogP contribution is -2.46. The van der Waals surface area contributed by atoms with Crippen molar-refractivity contribution in [3.63, 3.8) is 0 Å². The molecule has 0 saturated heterocycles. The highest BCUT2D eigenvalue weighted by atomic mass is 35.5. The largest absolute Gasteiger partial charge is 0.454 e. The van der Waals surface area contributed by atoms with Crippen molar-refractivity contribution < 1.29 is 19.1 Å². The first-order valence-corrected chi connectivity index (χ1v) is 9.71. The normalized spacial score (nSPS) is 11.8. The van der Waals surface area contributed by atoms with E-state index in [1.54, 1.807) is 13.8 Å². The van der Waals surface area contributed by atoms with Gasteiger partial charge in [-0.25, -0.2) is 4.79 Å². The summed E-state index contributed by atoms with van der Waals surface area (Å²) in [5.41, 5.74) is 0.202. The smallest absolute Gasteiger partial charge is 0.329 e. The Bertz CT molecular complexity index is 665. The Morgan fingerprint density at radius 2 is 1.85 bits per heavy atom. The van der Waals surface area contributed by atoms with Crippen LogP contribution >= 0.6 is 23.2 Å². The monoisotopic (exact) mass is 416 g/mol. The summed E-state index contributed by atoms with van der Waals surface area (Å²) in [6.45, 7) is 5.76. The van der Waals surface area contributed by atoms with Crippen molar-refractivity contribution >= 4 is 41.0 Å². The fraction of sp³-hybridized carbons (Fsp3) is 0.526. The first kappa shape index (κ1) is 23.2. The van der Waals surface area contributed by atoms with Crippen LogP contribution in [0.4, 0.5) is 0 Å². The summed E-state index contributed by atoms with van der Waals surface area (Å²) in [4.78, 5) is 36.4. The molecular weight excluding hydrogens is 391 g/mol. The number of nitrogens with one attached hydrogen (secondary N) is 2. The molecule has 8 heteroatoms. The molecule has 27 heavy (non-hydrogen) atoms. The van der Waals surface area contributed by atoms with Crippen LogP contribution in [0.2, 0.25) is 10.0 Å². The quantitative estimate of drug-likeness (QED) is 0.450. The maximum atomic E-state index is 12.4. The van der Waals surface area contributed by atoms with Gasteiger partial charge in [-0.2, -0.15) is 0 Å². The van der Waals surface area contributed by atoms with Crippen molar-refractivity contribution in [3.05, 3.63) is 33.8 Å². The summed E-state index contributed by atoms with van der Waals surface area (Å²) < 4.78 is 5.05. The average molecular weight is 417 g/mol. The molecule has 1 atom stereocenters. The summed E-state index contributed by atoms with van der Waals surface area (Å²) in [6, 6.07) is 3.56. The molecule has 0 radical (unpaired) electrons. The van der Waals surface area contributed by atoms with Crippen molar-refractivity contribution in [3.8, 4) is 0 Å². The summed E-state index contributed by atoms with van der Waals surface area (Å²) in [7, 11) is 0. The molecule has 0 aliphatic rings. The van der Waals surface area contributed by atoms with Crippen molar-refractivity contribution in [1.29, 1.82) is 0 Å². The van der Waals surface area contributed by atoms with Gasteiger partial charge in [0.2, 0.25) is 0 Å². The van der Waals surface area contributed by atoms with E-state index in [2.05, 4.69) is 17.6 Å². The molecule has 6 nitrogen and oxygen atoms in total. The highest BCUT2D eigenvalue weighted by molar-refractivity contribution is 6.36. The first-order valence-electron chi connectivity index (χ1n) is 8.95. The molecule has 1 aromatic rings. The van der Waals surface area contributed by atoms with Crippen LogP contribution in [0.25, 0.3) is 0 Å². The molecule has 0 unspecified atom stereocenters. The molecule has 150 valence electrons. The zero-order valence-electron chi connectivity index (χ0n) is 15.8. The Morgan fingerprint density at radius 1 is 1.15 bits per heavy atom. The lowest BCUT2D eigenvalue weighted by molar-refractivity contribution is -0.151. The van der Waals surface area contributed by atoms with Crippen LogP contribution in [0.5, 0.6) is 0 Å². The number of unbranched alkanes of at least 4 members (excludes halogenated alkanes) is 2. The third-order valence-corrected chi connectivity index (χ3v) is 4.38. The molecule has 0 bridgehead atoms. The number of hydrogen-bond acceptors (Lipinski definition) is 4. The predicted octanol–water partition coefficient (Wildman–Crippen LogP) is 3.60. The number of carbonyl (C=O) groups excluding carboxylic acids is 3. The van der Waals surface area contributed by atoms with E-state index in [-0.39, 0.29) is 29.0 Å². The lowest BCUT2D eigenvalue weighted by atomic mass is 10.0. The maximum Gasteiger partial charge on any atom is 0.329 e. The highest BCUT2D eigenvalue weighted by Gasteiger charge is 2.27. The van der Waals surface area contributed by atoms with Crippen molar-refractivity contribution in [2.75, 3.05) is 13.2 Å². The molecule has 0 spiro atoms. The molecule has 0 aliphatic carbocycles. The van der Waals surface area contributed by atoms with Gasteiger partial charge in [0.25, 0.3) is 11.8 Å². The zero-order valence-corrected chi connectivity index (χ0v) is 17.3. The van der Waals surface area contributed by atoms with Crippen LogP contribution in [0.1, 0.15) is 50.4 Å². The fourth-order valence-electron chi connectivity index (χ4n) is 2.27. The zero-order chi connectivity index (χ0) is 20.4. The van der Waals surface area contributed by atoms with Crippen molar-refractivity contribution in [2.45, 2.75) is 46.1 Å². The summed E-state index contributed by atoms with van der Waals surface area (Å²) in [6.07, 6.45) is 2.95. The topological polar surface area (TPSA) is 84.5 Å². The van der Waals surface area contributed by atoms with Crippen LogP contribution in [0.3, 0.4) is 0 Å². The number of ether oxygens (including phenoxy) is 1. The SMILES string of the molecule is CCCCCNC(=O)COC(=O)[C@@H](NC(=O)c1ccc(Cl)cc1Cl)C(C)C. The first-order chi connectivity index (χ1) is 12.8. The van der Waals surface area contributed by atoms with E-state index in [1.807, 2.05) is 0 Å². The average Bonchev–Trinajstić information content (AvgIpc) is 2.60. The summed E-state index contributed by atoms with van der Waals surface area (Å²) in [5, 5.41) is 5.88. The molecule has 1 rings (SSSR count). The molecule has 0 saturated carbocycles. The Kier molecular flexibility index (Phi) is 10.2. The third-order valence-electron chi connectivity index (χ3n) is 3.83. The minimum absolute atomic E-state index is 0.183. The van der Waals surface area contributed by atoms with E-state index >= 15 is 0 Å². The number of amides is 2. The molecular formula is C19H26Cl2N2O4. The van der Waals surface area contributed by atoms with Gasteiger partial charge in [-0.3, -0.25) is 9.59 Å². The summed E-state index contributed by atoms with van der Waals surface area (Å²) in [5.74, 6) is -1.79. The Morgan fingerprint density at radius 3 is 2.44 bits per heavy atom. The van der Waals surface area contributed by atoms with E-state index in [1.165, 1.54) is 18.2 Å². The third kappa shape index (κ3) is 8.18. The molecule has 0 heterocycles. The number of halogens is 2. The van der Waals surface area contributed by atoms with Gasteiger partial charge < -0.3 is 15.4 Å². The van der Waals surface area contributed by atoms with Crippen molar-refractivity contribution in [2.24, 2.45) is 5.92 Å². The number of hydrogen-bond donors (Lipinski definition) is 2. The standard InChI is InChI=1S/C19H26Cl2N2O4/c1-4-5-6-9-22-16(24)11-27-19(26)17(12(2)3)23-18(25)14-8-7-13(20)10-15(14)21/h7-8,10,12,17H,4-6,9,11H2,1-3H3,(H,22,24)(H,23,25)/t17-/m0/s1. The van der Waals surface area contributed by atoms with Gasteiger partial charge in [-0.05, 0) is 30.5 Å². The van der Waals surface area contributed by atoms with E-state index in [9.17, 15) is 14.4 Å². The minimum Gasteiger partial charge on any atom is -0.454 e. The van der Waals surface area contributed by atoms with Gasteiger partial charge in [0.1, 0.15) is 6.04 Å². The number of carbonyl (C=O) groups is 3. The van der Waals surface area contributed by atoms with Gasteiger partial charge in [0.05, 0.1) is 10.6 Å². The Labute approximate surface area is 169 Å². The van der Waals surface area contributed by atoms with E-state index in [4.69, 9.17) is 27.9 Å². The second kappa shape index (κ2) is 11.8. The molecule has 2 amide bonds. The summed E-state index contributed by atoms with van der Waals surface area (Å²) >= 11 is 11.9. The van der Waals surface area contributed by atoms with E-state index in [0.717, 1.165) is 19.3 Å². The molecule has 2 N–H and O–H groups in total. The van der Waals surface area contributed by atoms with Crippen LogP contribution in [0.15, 0.2) is 18.2 Å².